The molecule has 0 spiro atoms. The minimum atomic E-state index is -0.466. The molecule has 1 atom stereocenters. The van der Waals surface area contributed by atoms with E-state index in [9.17, 15) is 0 Å². The summed E-state index contributed by atoms with van der Waals surface area (Å²) in [6, 6.07) is -0.466. The number of nitrogens with zero attached hydrogens (tertiary/aromatic N) is 2. The van der Waals surface area contributed by atoms with Gasteiger partial charge in [0.05, 0.1) is 12.6 Å². The number of aliphatic hydroxyl groups is 1. The number of aromatic nitrogens is 3. The maximum atomic E-state index is 8.65. The highest BCUT2D eigenvalue weighted by Gasteiger charge is 2.09. The van der Waals surface area contributed by atoms with Crippen molar-refractivity contribution >= 4 is 0 Å². The average Bonchev–Trinajstić information content (AvgIpc) is 2.50. The molecule has 0 bridgehead atoms. The van der Waals surface area contributed by atoms with Crippen molar-refractivity contribution < 1.29 is 5.11 Å². The molecule has 11 heavy (non-hydrogen) atoms. The van der Waals surface area contributed by atoms with Gasteiger partial charge in [-0.3, -0.25) is 5.10 Å². The molecular weight excluding hydrogens is 144 g/mol. The maximum absolute atomic E-state index is 8.65. The second-order valence-corrected chi connectivity index (χ2v) is 2.28. The van der Waals surface area contributed by atoms with E-state index >= 15 is 0 Å². The Labute approximate surface area is 64.6 Å². The second-order valence-electron chi connectivity index (χ2n) is 2.28. The zero-order chi connectivity index (χ0) is 8.27. The first-order chi connectivity index (χ1) is 5.27. The van der Waals surface area contributed by atoms with E-state index in [0.717, 1.165) is 12.2 Å². The lowest BCUT2D eigenvalue weighted by Crippen LogP contribution is -2.16. The largest absolute Gasteiger partial charge is 0.394 e. The molecule has 0 aromatic carbocycles. The highest BCUT2D eigenvalue weighted by Crippen LogP contribution is 2.02. The molecule has 1 aromatic rings. The third-order valence-electron chi connectivity index (χ3n) is 1.41. The number of rotatable bonds is 3. The van der Waals surface area contributed by atoms with Crippen molar-refractivity contribution in [2.45, 2.75) is 19.4 Å². The molecule has 0 aliphatic rings. The first-order valence-corrected chi connectivity index (χ1v) is 3.55. The molecule has 1 heterocycles. The summed E-state index contributed by atoms with van der Waals surface area (Å²) in [5.41, 5.74) is 5.47. The minimum Gasteiger partial charge on any atom is -0.394 e. The summed E-state index contributed by atoms with van der Waals surface area (Å²) in [6.45, 7) is 1.84. The predicted molar refractivity (Wildman–Crippen MR) is 39.8 cm³/mol. The normalized spacial score (nSPS) is 13.4. The number of H-pyrrole nitrogens is 1. The summed E-state index contributed by atoms with van der Waals surface area (Å²) in [6.07, 6.45) is 0.797. The molecule has 5 nitrogen and oxygen atoms in total. The fraction of sp³-hybridized carbons (Fsp3) is 0.667. The van der Waals surface area contributed by atoms with E-state index < -0.39 is 6.04 Å². The van der Waals surface area contributed by atoms with Crippen LogP contribution in [0.4, 0.5) is 0 Å². The van der Waals surface area contributed by atoms with Gasteiger partial charge in [0, 0.05) is 6.42 Å². The summed E-state index contributed by atoms with van der Waals surface area (Å²) in [5.74, 6) is 1.27. The number of aliphatic hydroxyl groups excluding tert-OH is 1. The molecule has 0 aliphatic carbocycles. The van der Waals surface area contributed by atoms with E-state index in [2.05, 4.69) is 15.2 Å². The van der Waals surface area contributed by atoms with Crippen molar-refractivity contribution in [1.29, 1.82) is 0 Å². The highest BCUT2D eigenvalue weighted by atomic mass is 16.3. The number of aryl methyl sites for hydroxylation is 1. The van der Waals surface area contributed by atoms with Gasteiger partial charge in [0.1, 0.15) is 5.82 Å². The molecule has 0 amide bonds. The Balaban J connectivity index is 2.71. The van der Waals surface area contributed by atoms with Gasteiger partial charge in [-0.15, -0.1) is 0 Å². The SMILES string of the molecule is CCc1nc(C(N)CO)n[nH]1. The smallest absolute Gasteiger partial charge is 0.169 e. The number of nitrogens with one attached hydrogen (secondary N) is 1. The van der Waals surface area contributed by atoms with Gasteiger partial charge in [-0.05, 0) is 0 Å². The van der Waals surface area contributed by atoms with Crippen LogP contribution in [0.1, 0.15) is 24.6 Å². The van der Waals surface area contributed by atoms with E-state index in [1.54, 1.807) is 0 Å². The summed E-state index contributed by atoms with van der Waals surface area (Å²) in [5, 5.41) is 15.2. The molecule has 4 N–H and O–H groups in total. The summed E-state index contributed by atoms with van der Waals surface area (Å²) in [4.78, 5) is 4.05. The van der Waals surface area contributed by atoms with E-state index in [4.69, 9.17) is 10.8 Å². The summed E-state index contributed by atoms with van der Waals surface area (Å²) < 4.78 is 0. The Kier molecular flexibility index (Phi) is 2.56. The van der Waals surface area contributed by atoms with Crippen molar-refractivity contribution in [2.75, 3.05) is 6.61 Å². The van der Waals surface area contributed by atoms with Crippen LogP contribution in [0.5, 0.6) is 0 Å². The van der Waals surface area contributed by atoms with Gasteiger partial charge >= 0.3 is 0 Å². The van der Waals surface area contributed by atoms with Gasteiger partial charge in [-0.25, -0.2) is 4.98 Å². The topological polar surface area (TPSA) is 87.8 Å². The van der Waals surface area contributed by atoms with Gasteiger partial charge in [0.25, 0.3) is 0 Å². The molecule has 0 aliphatic heterocycles. The van der Waals surface area contributed by atoms with Crippen LogP contribution in [0.3, 0.4) is 0 Å². The lowest BCUT2D eigenvalue weighted by Gasteiger charge is -1.99. The average molecular weight is 156 g/mol. The second kappa shape index (κ2) is 3.45. The Hall–Kier alpha value is -0.940. The van der Waals surface area contributed by atoms with Crippen LogP contribution >= 0.6 is 0 Å². The monoisotopic (exact) mass is 156 g/mol. The molecule has 1 unspecified atom stereocenters. The molecule has 0 saturated heterocycles. The third kappa shape index (κ3) is 1.75. The van der Waals surface area contributed by atoms with Crippen LogP contribution in [0.2, 0.25) is 0 Å². The van der Waals surface area contributed by atoms with Crippen LogP contribution in [0.25, 0.3) is 0 Å². The van der Waals surface area contributed by atoms with Crippen LogP contribution < -0.4 is 5.73 Å². The number of hydrogen-bond donors (Lipinski definition) is 3. The van der Waals surface area contributed by atoms with Crippen molar-refractivity contribution in [3.05, 3.63) is 11.6 Å². The van der Waals surface area contributed by atoms with Crippen LogP contribution in [0.15, 0.2) is 0 Å². The van der Waals surface area contributed by atoms with E-state index in [1.165, 1.54) is 0 Å². The van der Waals surface area contributed by atoms with Gasteiger partial charge < -0.3 is 10.8 Å². The standard InChI is InChI=1S/C6H12N4O/c1-2-5-8-6(10-9-5)4(7)3-11/h4,11H,2-3,7H2,1H3,(H,8,9,10). The van der Waals surface area contributed by atoms with E-state index in [1.807, 2.05) is 6.92 Å². The summed E-state index contributed by atoms with van der Waals surface area (Å²) in [7, 11) is 0. The molecular formula is C6H12N4O. The molecule has 62 valence electrons. The summed E-state index contributed by atoms with van der Waals surface area (Å²) >= 11 is 0. The Bertz CT molecular complexity index is 222. The fourth-order valence-electron chi connectivity index (χ4n) is 0.716. The van der Waals surface area contributed by atoms with Gasteiger partial charge in [0.2, 0.25) is 0 Å². The first kappa shape index (κ1) is 8.16. The highest BCUT2D eigenvalue weighted by molar-refractivity contribution is 4.95. The van der Waals surface area contributed by atoms with Crippen molar-refractivity contribution in [3.63, 3.8) is 0 Å². The molecule has 5 heteroatoms. The zero-order valence-corrected chi connectivity index (χ0v) is 6.41. The van der Waals surface area contributed by atoms with Gasteiger partial charge in [-0.1, -0.05) is 6.92 Å². The van der Waals surface area contributed by atoms with Crippen LogP contribution in [0, 0.1) is 0 Å². The van der Waals surface area contributed by atoms with Crippen LogP contribution in [-0.2, 0) is 6.42 Å². The van der Waals surface area contributed by atoms with Crippen molar-refractivity contribution in [3.8, 4) is 0 Å². The Morgan fingerprint density at radius 3 is 2.91 bits per heavy atom. The Morgan fingerprint density at radius 1 is 1.73 bits per heavy atom. The molecule has 1 aromatic heterocycles. The Morgan fingerprint density at radius 2 is 2.45 bits per heavy atom. The van der Waals surface area contributed by atoms with E-state index in [0.29, 0.717) is 5.82 Å². The minimum absolute atomic E-state index is 0.124. The van der Waals surface area contributed by atoms with Gasteiger partial charge in [0.15, 0.2) is 5.82 Å². The van der Waals surface area contributed by atoms with Gasteiger partial charge in [-0.2, -0.15) is 5.10 Å². The number of nitrogens with two attached hydrogens (primary N) is 1. The zero-order valence-electron chi connectivity index (χ0n) is 6.41. The number of aromatic amines is 1. The third-order valence-corrected chi connectivity index (χ3v) is 1.41. The number of hydrogen-bond acceptors (Lipinski definition) is 4. The van der Waals surface area contributed by atoms with Crippen molar-refractivity contribution in [1.82, 2.24) is 15.2 Å². The molecule has 1 rings (SSSR count). The first-order valence-electron chi connectivity index (χ1n) is 3.55. The maximum Gasteiger partial charge on any atom is 0.169 e. The molecule has 0 saturated carbocycles. The lowest BCUT2D eigenvalue weighted by atomic mass is 10.3. The molecule has 0 radical (unpaired) electrons. The van der Waals surface area contributed by atoms with Crippen molar-refractivity contribution in [2.24, 2.45) is 5.73 Å². The fourth-order valence-corrected chi connectivity index (χ4v) is 0.716. The van der Waals surface area contributed by atoms with E-state index in [-0.39, 0.29) is 6.61 Å². The molecule has 0 fully saturated rings. The van der Waals surface area contributed by atoms with Crippen LogP contribution in [-0.4, -0.2) is 26.9 Å². The predicted octanol–water partition coefficient (Wildman–Crippen LogP) is -0.641. The quantitative estimate of drug-likeness (QED) is 0.543. The lowest BCUT2D eigenvalue weighted by molar-refractivity contribution is 0.263.